The van der Waals surface area contributed by atoms with E-state index in [1.165, 1.54) is 0 Å². The molecular weight excluding hydrogens is 210 g/mol. The van der Waals surface area contributed by atoms with Crippen molar-refractivity contribution >= 4 is 5.71 Å². The topological polar surface area (TPSA) is 33.1 Å². The molecule has 0 saturated heterocycles. The van der Waals surface area contributed by atoms with Crippen molar-refractivity contribution in [3.05, 3.63) is 65.7 Å². The lowest BCUT2D eigenvalue weighted by molar-refractivity contribution is 0.206. The van der Waals surface area contributed by atoms with Crippen molar-refractivity contribution < 1.29 is 4.74 Å². The lowest BCUT2D eigenvalue weighted by Gasteiger charge is -2.26. The molecule has 1 atom stereocenters. The summed E-state index contributed by atoms with van der Waals surface area (Å²) in [4.78, 5) is 0. The molecule has 1 unspecified atom stereocenters. The van der Waals surface area contributed by atoms with Crippen LogP contribution in [0.25, 0.3) is 0 Å². The van der Waals surface area contributed by atoms with E-state index in [0.717, 1.165) is 16.9 Å². The molecule has 0 aliphatic carbocycles. The molecule has 0 fully saturated rings. The lowest BCUT2D eigenvalue weighted by Crippen LogP contribution is -2.20. The van der Waals surface area contributed by atoms with E-state index in [4.69, 9.17) is 10.1 Å². The Labute approximate surface area is 100 Å². The molecule has 84 valence electrons. The van der Waals surface area contributed by atoms with E-state index in [2.05, 4.69) is 0 Å². The predicted molar refractivity (Wildman–Crippen MR) is 67.7 cm³/mol. The summed E-state index contributed by atoms with van der Waals surface area (Å²) in [7, 11) is 0. The van der Waals surface area contributed by atoms with Gasteiger partial charge in [0.25, 0.3) is 0 Å². The van der Waals surface area contributed by atoms with E-state index in [1.807, 2.05) is 54.6 Å². The van der Waals surface area contributed by atoms with Crippen molar-refractivity contribution in [2.75, 3.05) is 0 Å². The second kappa shape index (κ2) is 4.06. The van der Waals surface area contributed by atoms with Crippen LogP contribution in [-0.4, -0.2) is 5.71 Å². The molecule has 2 aromatic rings. The predicted octanol–water partition coefficient (Wildman–Crippen LogP) is 3.58. The third-order valence-electron chi connectivity index (χ3n) is 3.04. The number of para-hydroxylation sites is 1. The minimum absolute atomic E-state index is 0.0291. The van der Waals surface area contributed by atoms with Crippen molar-refractivity contribution in [3.8, 4) is 5.75 Å². The molecule has 2 aromatic carbocycles. The molecule has 0 saturated carbocycles. The maximum atomic E-state index is 8.07. The molecule has 0 amide bonds. The molecule has 1 heterocycles. The van der Waals surface area contributed by atoms with Crippen LogP contribution in [0.2, 0.25) is 0 Å². The third-order valence-corrected chi connectivity index (χ3v) is 3.04. The highest BCUT2D eigenvalue weighted by atomic mass is 16.5. The van der Waals surface area contributed by atoms with Gasteiger partial charge in [0.05, 0.1) is 0 Å². The molecule has 1 N–H and O–H groups in total. The molecule has 2 nitrogen and oxygen atoms in total. The summed E-state index contributed by atoms with van der Waals surface area (Å²) in [5.74, 6) is 0.817. The zero-order valence-corrected chi connectivity index (χ0v) is 9.39. The number of ether oxygens (including phenoxy) is 1. The first-order valence-electron chi connectivity index (χ1n) is 5.73. The normalized spacial score (nSPS) is 18.4. The summed E-state index contributed by atoms with van der Waals surface area (Å²) in [5.41, 5.74) is 2.70. The monoisotopic (exact) mass is 223 g/mol. The Morgan fingerprint density at radius 2 is 1.65 bits per heavy atom. The van der Waals surface area contributed by atoms with Gasteiger partial charge in [-0.25, -0.2) is 0 Å². The Kier molecular flexibility index (Phi) is 2.41. The number of hydrogen-bond donors (Lipinski definition) is 1. The van der Waals surface area contributed by atoms with Gasteiger partial charge >= 0.3 is 0 Å². The highest BCUT2D eigenvalue weighted by Gasteiger charge is 2.24. The first-order valence-corrected chi connectivity index (χ1v) is 5.73. The van der Waals surface area contributed by atoms with Crippen LogP contribution in [0.5, 0.6) is 5.75 Å². The Morgan fingerprint density at radius 3 is 2.47 bits per heavy atom. The summed E-state index contributed by atoms with van der Waals surface area (Å²) in [6.45, 7) is 0. The van der Waals surface area contributed by atoms with Gasteiger partial charge in [-0.15, -0.1) is 0 Å². The van der Waals surface area contributed by atoms with Crippen molar-refractivity contribution in [3.63, 3.8) is 0 Å². The Morgan fingerprint density at radius 1 is 0.941 bits per heavy atom. The minimum atomic E-state index is -0.0291. The fourth-order valence-corrected chi connectivity index (χ4v) is 2.16. The number of benzene rings is 2. The maximum absolute atomic E-state index is 8.07. The van der Waals surface area contributed by atoms with Gasteiger partial charge in [-0.05, 0) is 17.7 Å². The number of nitrogens with one attached hydrogen (secondary N) is 1. The summed E-state index contributed by atoms with van der Waals surface area (Å²) >= 11 is 0. The van der Waals surface area contributed by atoms with Gasteiger partial charge in [0, 0.05) is 17.7 Å². The van der Waals surface area contributed by atoms with E-state index >= 15 is 0 Å². The average Bonchev–Trinajstić information content (AvgIpc) is 2.40. The Balaban J connectivity index is 1.97. The zero-order valence-electron chi connectivity index (χ0n) is 9.39. The van der Waals surface area contributed by atoms with Crippen molar-refractivity contribution in [1.29, 1.82) is 5.41 Å². The first-order chi connectivity index (χ1) is 8.34. The highest BCUT2D eigenvalue weighted by Crippen LogP contribution is 2.34. The van der Waals surface area contributed by atoms with E-state index in [9.17, 15) is 0 Å². The molecule has 1 aliphatic heterocycles. The third kappa shape index (κ3) is 1.82. The molecule has 0 spiro atoms. The highest BCUT2D eigenvalue weighted by molar-refractivity contribution is 6.01. The largest absolute Gasteiger partial charge is 0.485 e. The van der Waals surface area contributed by atoms with Crippen LogP contribution >= 0.6 is 0 Å². The van der Waals surface area contributed by atoms with Crippen LogP contribution in [0, 0.1) is 5.41 Å². The van der Waals surface area contributed by atoms with Gasteiger partial charge in [0.1, 0.15) is 11.9 Å². The minimum Gasteiger partial charge on any atom is -0.485 e. The summed E-state index contributed by atoms with van der Waals surface area (Å²) < 4.78 is 5.95. The van der Waals surface area contributed by atoms with Crippen LogP contribution in [0.15, 0.2) is 54.6 Å². The van der Waals surface area contributed by atoms with Gasteiger partial charge in [0.2, 0.25) is 0 Å². The van der Waals surface area contributed by atoms with E-state index in [-0.39, 0.29) is 6.10 Å². The summed E-state index contributed by atoms with van der Waals surface area (Å²) in [5, 5.41) is 8.07. The van der Waals surface area contributed by atoms with Crippen LogP contribution in [0.1, 0.15) is 23.7 Å². The molecule has 0 aromatic heterocycles. The van der Waals surface area contributed by atoms with Crippen LogP contribution in [0.4, 0.5) is 0 Å². The van der Waals surface area contributed by atoms with Crippen molar-refractivity contribution in [2.45, 2.75) is 12.5 Å². The van der Waals surface area contributed by atoms with Gasteiger partial charge in [-0.3, -0.25) is 0 Å². The van der Waals surface area contributed by atoms with Gasteiger partial charge in [-0.1, -0.05) is 42.5 Å². The first kappa shape index (κ1) is 10.1. The van der Waals surface area contributed by atoms with Gasteiger partial charge < -0.3 is 10.1 Å². The Hall–Kier alpha value is -2.09. The van der Waals surface area contributed by atoms with Crippen molar-refractivity contribution in [1.82, 2.24) is 0 Å². The molecule has 3 rings (SSSR count). The average molecular weight is 223 g/mol. The number of rotatable bonds is 1. The quantitative estimate of drug-likeness (QED) is 0.787. The van der Waals surface area contributed by atoms with Crippen LogP contribution < -0.4 is 4.74 Å². The van der Waals surface area contributed by atoms with Crippen LogP contribution in [-0.2, 0) is 0 Å². The zero-order chi connectivity index (χ0) is 11.7. The summed E-state index contributed by atoms with van der Waals surface area (Å²) in [6, 6.07) is 17.9. The molecule has 2 heteroatoms. The fourth-order valence-electron chi connectivity index (χ4n) is 2.16. The lowest BCUT2D eigenvalue weighted by atomic mass is 9.96. The smallest absolute Gasteiger partial charge is 0.129 e. The van der Waals surface area contributed by atoms with Gasteiger partial charge in [-0.2, -0.15) is 0 Å². The standard InChI is InChI=1S/C15H13NO/c16-13-10-15(11-6-2-1-3-7-11)17-14-9-5-4-8-12(13)14/h1-9,15-16H,10H2. The number of fused-ring (bicyclic) bond motifs is 1. The van der Waals surface area contributed by atoms with Crippen LogP contribution in [0.3, 0.4) is 0 Å². The second-order valence-electron chi connectivity index (χ2n) is 4.20. The second-order valence-corrected chi connectivity index (χ2v) is 4.20. The van der Waals surface area contributed by atoms with E-state index in [1.54, 1.807) is 0 Å². The maximum Gasteiger partial charge on any atom is 0.129 e. The number of hydrogen-bond acceptors (Lipinski definition) is 2. The summed E-state index contributed by atoms with van der Waals surface area (Å²) in [6.07, 6.45) is 0.611. The molecule has 1 aliphatic rings. The fraction of sp³-hybridized carbons (Fsp3) is 0.133. The molecule has 0 radical (unpaired) electrons. The molecule has 17 heavy (non-hydrogen) atoms. The van der Waals surface area contributed by atoms with Crippen molar-refractivity contribution in [2.24, 2.45) is 0 Å². The molecular formula is C15H13NO. The van der Waals surface area contributed by atoms with E-state index in [0.29, 0.717) is 12.1 Å². The van der Waals surface area contributed by atoms with Gasteiger partial charge in [0.15, 0.2) is 0 Å². The van der Waals surface area contributed by atoms with E-state index < -0.39 is 0 Å². The molecule has 0 bridgehead atoms. The SMILES string of the molecule is N=C1CC(c2ccccc2)Oc2ccccc21. The Bertz CT molecular complexity index is 548.